The average Bonchev–Trinajstić information content (AvgIpc) is 3.20. The van der Waals surface area contributed by atoms with Crippen molar-refractivity contribution in [2.24, 2.45) is 5.92 Å². The van der Waals surface area contributed by atoms with Crippen LogP contribution < -0.4 is 4.90 Å². The number of nitrogens with zero attached hydrogens (tertiary/aromatic N) is 4. The lowest BCUT2D eigenvalue weighted by atomic mass is 9.93. The lowest BCUT2D eigenvalue weighted by Gasteiger charge is -2.34. The topological polar surface area (TPSA) is 103 Å². The molecule has 0 bridgehead atoms. The number of aryl methyl sites for hydroxylation is 1. The zero-order valence-electron chi connectivity index (χ0n) is 21.2. The number of carbonyl (C=O) groups excluding carboxylic acids is 3. The van der Waals surface area contributed by atoms with Gasteiger partial charge in [0.15, 0.2) is 0 Å². The maximum atomic E-state index is 13.1. The first-order valence-corrected chi connectivity index (χ1v) is 12.3. The van der Waals surface area contributed by atoms with Gasteiger partial charge in [-0.3, -0.25) is 9.69 Å². The van der Waals surface area contributed by atoms with Gasteiger partial charge in [0.05, 0.1) is 18.4 Å². The van der Waals surface area contributed by atoms with Crippen LogP contribution in [0.2, 0.25) is 0 Å². The summed E-state index contributed by atoms with van der Waals surface area (Å²) in [6, 6.07) is 7.49. The molecule has 0 N–H and O–H groups in total. The van der Waals surface area contributed by atoms with Gasteiger partial charge in [0.1, 0.15) is 11.7 Å². The van der Waals surface area contributed by atoms with E-state index in [1.807, 2.05) is 31.7 Å². The molecule has 1 aromatic rings. The van der Waals surface area contributed by atoms with Crippen LogP contribution in [0, 0.1) is 17.2 Å². The number of piperidine rings is 1. The van der Waals surface area contributed by atoms with E-state index in [0.717, 1.165) is 24.8 Å². The summed E-state index contributed by atoms with van der Waals surface area (Å²) in [5.41, 5.74) is 1.39. The Labute approximate surface area is 207 Å². The van der Waals surface area contributed by atoms with Crippen LogP contribution in [0.15, 0.2) is 18.2 Å². The fraction of sp³-hybridized carbons (Fsp3) is 0.615. The first kappa shape index (κ1) is 26.3. The molecular formula is C26H36N4O5. The Morgan fingerprint density at radius 1 is 1.14 bits per heavy atom. The Balaban J connectivity index is 1.50. The van der Waals surface area contributed by atoms with Crippen molar-refractivity contribution in [3.05, 3.63) is 29.3 Å². The molecule has 1 aromatic carbocycles. The summed E-state index contributed by atoms with van der Waals surface area (Å²) < 4.78 is 10.1. The van der Waals surface area contributed by atoms with Crippen LogP contribution in [0.1, 0.15) is 57.6 Å². The van der Waals surface area contributed by atoms with Crippen molar-refractivity contribution in [2.45, 2.75) is 58.5 Å². The fourth-order valence-corrected chi connectivity index (χ4v) is 4.49. The van der Waals surface area contributed by atoms with E-state index < -0.39 is 5.60 Å². The van der Waals surface area contributed by atoms with Crippen LogP contribution >= 0.6 is 0 Å². The molecule has 9 heteroatoms. The minimum absolute atomic E-state index is 0.0880. The standard InChI is InChI=1S/C26H36N4O5/c1-26(2,3)35-25(33)29-13-10-19(11-14-29)9-12-28-15-16-30(24(28)32)22-7-5-20(17-21(22)18-27)6-8-23(31)34-4/h5,7,17,19H,6,8-16H2,1-4H3. The fourth-order valence-electron chi connectivity index (χ4n) is 4.49. The molecule has 2 aliphatic heterocycles. The van der Waals surface area contributed by atoms with Crippen LogP contribution in [0.3, 0.4) is 0 Å². The summed E-state index contributed by atoms with van der Waals surface area (Å²) in [4.78, 5) is 42.0. The average molecular weight is 485 g/mol. The molecular weight excluding hydrogens is 448 g/mol. The minimum Gasteiger partial charge on any atom is -0.469 e. The van der Waals surface area contributed by atoms with E-state index >= 15 is 0 Å². The highest BCUT2D eigenvalue weighted by molar-refractivity contribution is 5.95. The van der Waals surface area contributed by atoms with E-state index in [1.54, 1.807) is 21.9 Å². The molecule has 2 saturated heterocycles. The zero-order valence-corrected chi connectivity index (χ0v) is 21.2. The van der Waals surface area contributed by atoms with Gasteiger partial charge in [0.25, 0.3) is 0 Å². The number of esters is 1. The van der Waals surface area contributed by atoms with Crippen molar-refractivity contribution in [2.75, 3.05) is 44.7 Å². The summed E-state index contributed by atoms with van der Waals surface area (Å²) in [5, 5.41) is 9.65. The molecule has 3 rings (SSSR count). The molecule has 2 heterocycles. The van der Waals surface area contributed by atoms with Crippen molar-refractivity contribution in [1.29, 1.82) is 5.26 Å². The molecule has 0 unspecified atom stereocenters. The summed E-state index contributed by atoms with van der Waals surface area (Å²) in [7, 11) is 1.35. The predicted octanol–water partition coefficient (Wildman–Crippen LogP) is 3.94. The highest BCUT2D eigenvalue weighted by atomic mass is 16.6. The number of benzene rings is 1. The summed E-state index contributed by atoms with van der Waals surface area (Å²) in [6.07, 6.45) is 3.15. The molecule has 0 spiro atoms. The van der Waals surface area contributed by atoms with Gasteiger partial charge in [-0.2, -0.15) is 5.26 Å². The second kappa shape index (κ2) is 11.4. The van der Waals surface area contributed by atoms with Gasteiger partial charge in [-0.25, -0.2) is 9.59 Å². The normalized spacial score (nSPS) is 16.9. The number of hydrogen-bond acceptors (Lipinski definition) is 6. The van der Waals surface area contributed by atoms with Crippen LogP contribution in [0.5, 0.6) is 0 Å². The molecule has 2 fully saturated rings. The van der Waals surface area contributed by atoms with Crippen LogP contribution in [-0.2, 0) is 20.7 Å². The van der Waals surface area contributed by atoms with Gasteiger partial charge in [-0.15, -0.1) is 0 Å². The third-order valence-corrected chi connectivity index (χ3v) is 6.49. The maximum absolute atomic E-state index is 13.1. The lowest BCUT2D eigenvalue weighted by Crippen LogP contribution is -2.42. The predicted molar refractivity (Wildman–Crippen MR) is 131 cm³/mol. The van der Waals surface area contributed by atoms with Crippen LogP contribution in [0.25, 0.3) is 0 Å². The third kappa shape index (κ3) is 7.10. The number of ether oxygens (including phenoxy) is 2. The van der Waals surface area contributed by atoms with E-state index in [1.165, 1.54) is 7.11 Å². The molecule has 0 atom stereocenters. The summed E-state index contributed by atoms with van der Waals surface area (Å²) in [5.74, 6) is 0.160. The van der Waals surface area contributed by atoms with Gasteiger partial charge in [-0.1, -0.05) is 6.07 Å². The van der Waals surface area contributed by atoms with E-state index in [9.17, 15) is 19.6 Å². The SMILES string of the molecule is COC(=O)CCc1ccc(N2CCN(CCC3CCN(C(=O)OC(C)(C)C)CC3)C2=O)c(C#N)c1. The molecule has 2 aliphatic rings. The first-order valence-electron chi connectivity index (χ1n) is 12.3. The zero-order chi connectivity index (χ0) is 25.6. The molecule has 0 saturated carbocycles. The van der Waals surface area contributed by atoms with Crippen molar-refractivity contribution >= 4 is 23.8 Å². The molecule has 0 radical (unpaired) electrons. The number of urea groups is 1. The maximum Gasteiger partial charge on any atom is 0.410 e. The summed E-state index contributed by atoms with van der Waals surface area (Å²) >= 11 is 0. The molecule has 190 valence electrons. The quantitative estimate of drug-likeness (QED) is 0.543. The van der Waals surface area contributed by atoms with Gasteiger partial charge in [0, 0.05) is 39.1 Å². The van der Waals surface area contributed by atoms with E-state index in [0.29, 0.717) is 56.3 Å². The Morgan fingerprint density at radius 2 is 1.86 bits per heavy atom. The monoisotopic (exact) mass is 484 g/mol. The second-order valence-corrected chi connectivity index (χ2v) is 10.2. The second-order valence-electron chi connectivity index (χ2n) is 10.2. The van der Waals surface area contributed by atoms with E-state index in [4.69, 9.17) is 4.74 Å². The van der Waals surface area contributed by atoms with Crippen molar-refractivity contribution in [3.8, 4) is 6.07 Å². The highest BCUT2D eigenvalue weighted by Gasteiger charge is 2.32. The molecule has 35 heavy (non-hydrogen) atoms. The number of methoxy groups -OCH3 is 1. The third-order valence-electron chi connectivity index (χ3n) is 6.49. The van der Waals surface area contributed by atoms with Crippen molar-refractivity contribution < 1.29 is 23.9 Å². The van der Waals surface area contributed by atoms with Crippen molar-refractivity contribution in [3.63, 3.8) is 0 Å². The number of rotatable bonds is 7. The number of nitriles is 1. The minimum atomic E-state index is -0.495. The van der Waals surface area contributed by atoms with Gasteiger partial charge in [0.2, 0.25) is 0 Å². The smallest absolute Gasteiger partial charge is 0.410 e. The molecule has 0 aromatic heterocycles. The van der Waals surface area contributed by atoms with E-state index in [-0.39, 0.29) is 24.5 Å². The highest BCUT2D eigenvalue weighted by Crippen LogP contribution is 2.28. The number of hydrogen-bond donors (Lipinski definition) is 0. The number of amides is 3. The number of carbonyl (C=O) groups is 3. The largest absolute Gasteiger partial charge is 0.469 e. The summed E-state index contributed by atoms with van der Waals surface area (Å²) in [6.45, 7) is 8.76. The van der Waals surface area contributed by atoms with Crippen LogP contribution in [-0.4, -0.2) is 73.3 Å². The number of anilines is 1. The Bertz CT molecular complexity index is 973. The number of likely N-dealkylation sites (tertiary alicyclic amines) is 1. The van der Waals surface area contributed by atoms with E-state index in [2.05, 4.69) is 10.8 Å². The molecule has 3 amide bonds. The molecule has 0 aliphatic carbocycles. The van der Waals surface area contributed by atoms with Gasteiger partial charge < -0.3 is 19.3 Å². The van der Waals surface area contributed by atoms with Crippen LogP contribution in [0.4, 0.5) is 15.3 Å². The van der Waals surface area contributed by atoms with Gasteiger partial charge in [-0.05, 0) is 70.1 Å². The Kier molecular flexibility index (Phi) is 8.60. The molecule has 9 nitrogen and oxygen atoms in total. The lowest BCUT2D eigenvalue weighted by molar-refractivity contribution is -0.140. The Morgan fingerprint density at radius 3 is 2.49 bits per heavy atom. The first-order chi connectivity index (χ1) is 16.6. The van der Waals surface area contributed by atoms with Gasteiger partial charge >= 0.3 is 18.1 Å². The van der Waals surface area contributed by atoms with Crippen molar-refractivity contribution in [1.82, 2.24) is 9.80 Å². The Hall–Kier alpha value is -3.28.